The minimum atomic E-state index is -3.83. The van der Waals surface area contributed by atoms with Crippen LogP contribution in [-0.4, -0.2) is 36.4 Å². The van der Waals surface area contributed by atoms with E-state index < -0.39 is 14.9 Å². The van der Waals surface area contributed by atoms with Crippen molar-refractivity contribution in [1.29, 1.82) is 0 Å². The molecule has 2 rings (SSSR count). The summed E-state index contributed by atoms with van der Waals surface area (Å²) in [6, 6.07) is 4.83. The van der Waals surface area contributed by atoms with Crippen molar-refractivity contribution in [2.24, 2.45) is 0 Å². The number of hydrogen-bond acceptors (Lipinski definition) is 8. The van der Waals surface area contributed by atoms with Crippen LogP contribution in [-0.2, 0) is 10.0 Å². The van der Waals surface area contributed by atoms with Gasteiger partial charge in [0, 0.05) is 25.2 Å². The summed E-state index contributed by atoms with van der Waals surface area (Å²) in [7, 11) is -3.83. The van der Waals surface area contributed by atoms with Gasteiger partial charge in [-0.15, -0.1) is 0 Å². The van der Waals surface area contributed by atoms with Gasteiger partial charge in [0.25, 0.3) is 5.69 Å². The molecule has 0 radical (unpaired) electrons. The van der Waals surface area contributed by atoms with Crippen molar-refractivity contribution in [3.8, 4) is 0 Å². The van der Waals surface area contributed by atoms with Crippen LogP contribution in [0.4, 0.5) is 17.2 Å². The van der Waals surface area contributed by atoms with Crippen molar-refractivity contribution in [3.05, 3.63) is 45.9 Å². The zero-order chi connectivity index (χ0) is 18.4. The topological polar surface area (TPSA) is 153 Å². The average molecular weight is 387 g/mol. The van der Waals surface area contributed by atoms with E-state index in [4.69, 9.17) is 17.3 Å². The Hall–Kier alpha value is -2.50. The predicted octanol–water partition coefficient (Wildman–Crippen LogP) is 1.40. The fraction of sp³-hybridized carbons (Fsp3) is 0.231. The molecular weight excluding hydrogens is 372 g/mol. The first-order chi connectivity index (χ1) is 11.8. The number of benzene rings is 1. The number of nitrogens with one attached hydrogen (secondary N) is 2. The highest BCUT2D eigenvalue weighted by Gasteiger charge is 2.16. The molecule has 10 nitrogen and oxygen atoms in total. The van der Waals surface area contributed by atoms with Crippen LogP contribution in [0, 0.1) is 10.1 Å². The SMILES string of the molecule is Nc1cnc(Cl)nc1NCCCNS(=O)(=O)c1cccc([N+](=O)[O-])c1. The van der Waals surface area contributed by atoms with Gasteiger partial charge < -0.3 is 11.1 Å². The maximum absolute atomic E-state index is 12.1. The van der Waals surface area contributed by atoms with Gasteiger partial charge in [0.1, 0.15) is 0 Å². The largest absolute Gasteiger partial charge is 0.394 e. The Labute approximate surface area is 148 Å². The predicted molar refractivity (Wildman–Crippen MR) is 92.8 cm³/mol. The van der Waals surface area contributed by atoms with Gasteiger partial charge >= 0.3 is 0 Å². The molecule has 12 heteroatoms. The molecular formula is C13H15ClN6O4S. The number of nitrogens with zero attached hydrogens (tertiary/aromatic N) is 3. The van der Waals surface area contributed by atoms with Gasteiger partial charge in [-0.2, -0.15) is 4.98 Å². The lowest BCUT2D eigenvalue weighted by atomic mass is 10.3. The van der Waals surface area contributed by atoms with E-state index in [1.165, 1.54) is 24.4 Å². The number of non-ortho nitro benzene ring substituents is 1. The molecule has 25 heavy (non-hydrogen) atoms. The minimum Gasteiger partial charge on any atom is -0.394 e. The highest BCUT2D eigenvalue weighted by atomic mass is 35.5. The van der Waals surface area contributed by atoms with Gasteiger partial charge in [0.05, 0.1) is 21.7 Å². The summed E-state index contributed by atoms with van der Waals surface area (Å²) in [4.78, 5) is 17.5. The van der Waals surface area contributed by atoms with E-state index >= 15 is 0 Å². The minimum absolute atomic E-state index is 0.0445. The Kier molecular flexibility index (Phi) is 6.07. The average Bonchev–Trinajstić information content (AvgIpc) is 2.57. The molecule has 0 aliphatic carbocycles. The van der Waals surface area contributed by atoms with Crippen LogP contribution in [0.5, 0.6) is 0 Å². The molecule has 134 valence electrons. The Morgan fingerprint density at radius 1 is 1.32 bits per heavy atom. The second-order valence-electron chi connectivity index (χ2n) is 4.88. The fourth-order valence-corrected chi connectivity index (χ4v) is 3.11. The highest BCUT2D eigenvalue weighted by molar-refractivity contribution is 7.89. The molecule has 4 N–H and O–H groups in total. The first kappa shape index (κ1) is 18.8. The Morgan fingerprint density at radius 3 is 2.80 bits per heavy atom. The number of anilines is 2. The number of halogens is 1. The third-order valence-electron chi connectivity index (χ3n) is 3.06. The molecule has 0 saturated carbocycles. The van der Waals surface area contributed by atoms with Crippen LogP contribution in [0.2, 0.25) is 5.28 Å². The van der Waals surface area contributed by atoms with Gasteiger partial charge in [-0.1, -0.05) is 6.07 Å². The number of sulfonamides is 1. The van der Waals surface area contributed by atoms with E-state index in [1.54, 1.807) is 0 Å². The molecule has 0 amide bonds. The van der Waals surface area contributed by atoms with Crippen LogP contribution in [0.1, 0.15) is 6.42 Å². The van der Waals surface area contributed by atoms with E-state index in [9.17, 15) is 18.5 Å². The van der Waals surface area contributed by atoms with Crippen molar-refractivity contribution in [2.45, 2.75) is 11.3 Å². The molecule has 0 aliphatic rings. The number of rotatable bonds is 8. The van der Waals surface area contributed by atoms with Crippen molar-refractivity contribution in [2.75, 3.05) is 24.1 Å². The highest BCUT2D eigenvalue weighted by Crippen LogP contribution is 2.17. The number of nitro benzene ring substituents is 1. The second kappa shape index (κ2) is 8.05. The van der Waals surface area contributed by atoms with E-state index in [2.05, 4.69) is 20.0 Å². The summed E-state index contributed by atoms with van der Waals surface area (Å²) in [6.07, 6.45) is 1.79. The molecule has 1 aromatic carbocycles. The van der Waals surface area contributed by atoms with E-state index in [-0.39, 0.29) is 22.4 Å². The molecule has 0 unspecified atom stereocenters. The molecule has 0 aliphatic heterocycles. The van der Waals surface area contributed by atoms with Crippen molar-refractivity contribution in [3.63, 3.8) is 0 Å². The molecule has 0 spiro atoms. The summed E-state index contributed by atoms with van der Waals surface area (Å²) >= 11 is 5.66. The maximum atomic E-state index is 12.1. The molecule has 0 fully saturated rings. The van der Waals surface area contributed by atoms with Crippen LogP contribution in [0.3, 0.4) is 0 Å². The summed E-state index contributed by atoms with van der Waals surface area (Å²) < 4.78 is 26.6. The van der Waals surface area contributed by atoms with Gasteiger partial charge in [0.15, 0.2) is 5.82 Å². The van der Waals surface area contributed by atoms with Gasteiger partial charge in [-0.3, -0.25) is 10.1 Å². The first-order valence-corrected chi connectivity index (χ1v) is 8.92. The van der Waals surface area contributed by atoms with Crippen LogP contribution >= 0.6 is 11.6 Å². The molecule has 0 bridgehead atoms. The molecule has 0 atom stereocenters. The van der Waals surface area contributed by atoms with Crippen molar-refractivity contribution < 1.29 is 13.3 Å². The van der Waals surface area contributed by atoms with E-state index in [0.29, 0.717) is 24.5 Å². The van der Waals surface area contributed by atoms with Gasteiger partial charge in [-0.05, 0) is 24.1 Å². The zero-order valence-electron chi connectivity index (χ0n) is 12.8. The van der Waals surface area contributed by atoms with Crippen LogP contribution in [0.25, 0.3) is 0 Å². The van der Waals surface area contributed by atoms with Crippen molar-refractivity contribution >= 4 is 38.8 Å². The monoisotopic (exact) mass is 386 g/mol. The lowest BCUT2D eigenvalue weighted by Gasteiger charge is -2.09. The third kappa shape index (κ3) is 5.24. The molecule has 1 aromatic heterocycles. The van der Waals surface area contributed by atoms with E-state index in [1.807, 2.05) is 0 Å². The lowest BCUT2D eigenvalue weighted by molar-refractivity contribution is -0.385. The van der Waals surface area contributed by atoms with Crippen molar-refractivity contribution in [1.82, 2.24) is 14.7 Å². The quantitative estimate of drug-likeness (QED) is 0.266. The standard InChI is InChI=1S/C13H15ClN6O4S/c14-13-17-8-11(15)12(19-13)16-5-2-6-18-25(23,24)10-4-1-3-9(7-10)20(21)22/h1,3-4,7-8,18H,2,5-6,15H2,(H,16,17,19). The number of aromatic nitrogens is 2. The Morgan fingerprint density at radius 2 is 2.08 bits per heavy atom. The van der Waals surface area contributed by atoms with E-state index in [0.717, 1.165) is 6.07 Å². The summed E-state index contributed by atoms with van der Waals surface area (Å²) in [6.45, 7) is 0.506. The smallest absolute Gasteiger partial charge is 0.270 e. The second-order valence-corrected chi connectivity index (χ2v) is 6.98. The summed E-state index contributed by atoms with van der Waals surface area (Å²) in [5, 5.41) is 13.7. The number of nitrogens with two attached hydrogens (primary N) is 1. The lowest BCUT2D eigenvalue weighted by Crippen LogP contribution is -2.26. The normalized spacial score (nSPS) is 11.2. The number of hydrogen-bond donors (Lipinski definition) is 3. The van der Waals surface area contributed by atoms with Crippen LogP contribution < -0.4 is 15.8 Å². The van der Waals surface area contributed by atoms with Gasteiger partial charge in [0.2, 0.25) is 15.3 Å². The summed E-state index contributed by atoms with van der Waals surface area (Å²) in [5.41, 5.74) is 5.71. The maximum Gasteiger partial charge on any atom is 0.270 e. The first-order valence-electron chi connectivity index (χ1n) is 7.05. The summed E-state index contributed by atoms with van der Waals surface area (Å²) in [5.74, 6) is 0.363. The Balaban J connectivity index is 1.87. The molecule has 2 aromatic rings. The molecule has 0 saturated heterocycles. The Bertz CT molecular complexity index is 877. The number of nitro groups is 1. The van der Waals surface area contributed by atoms with Gasteiger partial charge in [-0.25, -0.2) is 18.1 Å². The molecule has 1 heterocycles. The van der Waals surface area contributed by atoms with Crippen LogP contribution in [0.15, 0.2) is 35.4 Å². The zero-order valence-corrected chi connectivity index (χ0v) is 14.4. The fourth-order valence-electron chi connectivity index (χ4n) is 1.86. The third-order valence-corrected chi connectivity index (χ3v) is 4.71. The number of nitrogen functional groups attached to an aromatic ring is 1.